The lowest BCUT2D eigenvalue weighted by Gasteiger charge is -2.27. The number of carbonyl (C=O) groups excluding carboxylic acids is 3. The normalized spacial score (nSPS) is 19.6. The van der Waals surface area contributed by atoms with Crippen molar-refractivity contribution in [2.75, 3.05) is 18.1 Å². The fourth-order valence-electron chi connectivity index (χ4n) is 3.92. The number of allylic oxidation sites excluding steroid dienone is 1. The largest absolute Gasteiger partial charge is 0.494 e. The van der Waals surface area contributed by atoms with E-state index in [1.54, 1.807) is 29.2 Å². The summed E-state index contributed by atoms with van der Waals surface area (Å²) < 4.78 is 5.41. The van der Waals surface area contributed by atoms with Crippen molar-refractivity contribution in [3.05, 3.63) is 35.9 Å². The molecule has 150 valence electrons. The van der Waals surface area contributed by atoms with E-state index in [1.807, 2.05) is 6.92 Å². The lowest BCUT2D eigenvalue weighted by molar-refractivity contribution is -0.136. The Labute approximate surface area is 166 Å². The Kier molecular flexibility index (Phi) is 6.49. The molecule has 1 saturated heterocycles. The van der Waals surface area contributed by atoms with Crippen LogP contribution in [-0.2, 0) is 14.4 Å². The molecular weight excluding hydrogens is 356 g/mol. The average Bonchev–Trinajstić information content (AvgIpc) is 2.98. The van der Waals surface area contributed by atoms with Crippen molar-refractivity contribution in [1.29, 1.82) is 0 Å². The van der Waals surface area contributed by atoms with Crippen molar-refractivity contribution < 1.29 is 19.1 Å². The summed E-state index contributed by atoms with van der Waals surface area (Å²) in [6, 6.07) is 6.17. The highest BCUT2D eigenvalue weighted by molar-refractivity contribution is 6.23. The van der Waals surface area contributed by atoms with Crippen LogP contribution in [0.3, 0.4) is 0 Å². The molecule has 6 nitrogen and oxygen atoms in total. The summed E-state index contributed by atoms with van der Waals surface area (Å²) in [4.78, 5) is 40.5. The van der Waals surface area contributed by atoms with Crippen LogP contribution >= 0.6 is 0 Å². The van der Waals surface area contributed by atoms with Gasteiger partial charge in [-0.1, -0.05) is 11.6 Å². The molecule has 1 aromatic carbocycles. The van der Waals surface area contributed by atoms with Crippen LogP contribution in [0.4, 0.5) is 5.69 Å². The maximum atomic E-state index is 13.0. The Morgan fingerprint density at radius 2 is 1.96 bits per heavy atom. The zero-order valence-electron chi connectivity index (χ0n) is 16.6. The minimum Gasteiger partial charge on any atom is -0.494 e. The molecule has 1 heterocycles. The van der Waals surface area contributed by atoms with E-state index in [2.05, 4.69) is 6.08 Å². The number of hydrogen-bond donors (Lipinski definition) is 0. The van der Waals surface area contributed by atoms with Gasteiger partial charge >= 0.3 is 0 Å². The number of rotatable bonds is 7. The Morgan fingerprint density at radius 1 is 1.21 bits per heavy atom. The van der Waals surface area contributed by atoms with Crippen molar-refractivity contribution in [3.63, 3.8) is 0 Å². The van der Waals surface area contributed by atoms with Crippen LogP contribution in [-0.4, -0.2) is 41.8 Å². The third-order valence-electron chi connectivity index (χ3n) is 5.37. The second-order valence-corrected chi connectivity index (χ2v) is 7.28. The molecule has 1 aliphatic heterocycles. The summed E-state index contributed by atoms with van der Waals surface area (Å²) in [5.41, 5.74) is 1.86. The summed E-state index contributed by atoms with van der Waals surface area (Å²) >= 11 is 0. The van der Waals surface area contributed by atoms with Gasteiger partial charge in [-0.3, -0.25) is 14.4 Å². The van der Waals surface area contributed by atoms with Gasteiger partial charge < -0.3 is 9.64 Å². The Hall–Kier alpha value is -2.63. The van der Waals surface area contributed by atoms with Crippen molar-refractivity contribution in [2.24, 2.45) is 0 Å². The first-order valence-corrected chi connectivity index (χ1v) is 10.1. The van der Waals surface area contributed by atoms with Crippen LogP contribution in [0.1, 0.15) is 52.4 Å². The van der Waals surface area contributed by atoms with Gasteiger partial charge in [-0.25, -0.2) is 4.90 Å². The lowest BCUT2D eigenvalue weighted by atomic mass is 9.97. The number of nitrogens with zero attached hydrogens (tertiary/aromatic N) is 2. The van der Waals surface area contributed by atoms with Gasteiger partial charge in [0.2, 0.25) is 11.8 Å². The van der Waals surface area contributed by atoms with Crippen molar-refractivity contribution in [2.45, 2.75) is 58.4 Å². The Balaban J connectivity index is 1.72. The van der Waals surface area contributed by atoms with E-state index in [0.29, 0.717) is 24.6 Å². The molecule has 28 heavy (non-hydrogen) atoms. The van der Waals surface area contributed by atoms with Gasteiger partial charge in [0.1, 0.15) is 11.8 Å². The zero-order valence-corrected chi connectivity index (χ0v) is 16.6. The van der Waals surface area contributed by atoms with E-state index >= 15 is 0 Å². The smallest absolute Gasteiger partial charge is 0.257 e. The standard InChI is InChI=1S/C22H28N2O4/c1-3-28-19-11-9-18(10-12-19)24-21(26)15-20(22(24)27)23(16(2)25)14-13-17-7-5-4-6-8-17/h7,9-12,20H,3-6,8,13-15H2,1-2H3. The van der Waals surface area contributed by atoms with E-state index in [0.717, 1.165) is 19.3 Å². The molecule has 1 aromatic rings. The van der Waals surface area contributed by atoms with E-state index in [-0.39, 0.29) is 24.1 Å². The SMILES string of the molecule is CCOc1ccc(N2C(=O)CC(N(CCC3=CCCCC3)C(C)=O)C2=O)cc1. The van der Waals surface area contributed by atoms with Gasteiger partial charge in [0, 0.05) is 13.5 Å². The first-order chi connectivity index (χ1) is 13.5. The Bertz CT molecular complexity index is 769. The predicted octanol–water partition coefficient (Wildman–Crippen LogP) is 3.46. The van der Waals surface area contributed by atoms with Crippen molar-refractivity contribution in [1.82, 2.24) is 4.90 Å². The molecule has 1 unspecified atom stereocenters. The van der Waals surface area contributed by atoms with Crippen LogP contribution in [0, 0.1) is 0 Å². The molecule has 6 heteroatoms. The maximum absolute atomic E-state index is 13.0. The van der Waals surface area contributed by atoms with Gasteiger partial charge in [-0.15, -0.1) is 0 Å². The Morgan fingerprint density at radius 3 is 2.57 bits per heavy atom. The number of carbonyl (C=O) groups is 3. The maximum Gasteiger partial charge on any atom is 0.257 e. The van der Waals surface area contributed by atoms with Crippen molar-refractivity contribution >= 4 is 23.4 Å². The molecule has 2 aliphatic rings. The van der Waals surface area contributed by atoms with E-state index < -0.39 is 6.04 Å². The second-order valence-electron chi connectivity index (χ2n) is 7.28. The van der Waals surface area contributed by atoms with Crippen LogP contribution < -0.4 is 9.64 Å². The van der Waals surface area contributed by atoms with Gasteiger partial charge in [0.05, 0.1) is 18.7 Å². The highest BCUT2D eigenvalue weighted by atomic mass is 16.5. The minimum atomic E-state index is -0.722. The summed E-state index contributed by atoms with van der Waals surface area (Å²) in [5.74, 6) is -0.0895. The summed E-state index contributed by atoms with van der Waals surface area (Å²) in [7, 11) is 0. The van der Waals surface area contributed by atoms with Gasteiger partial charge in [0.15, 0.2) is 0 Å². The molecule has 0 bridgehead atoms. The fraction of sp³-hybridized carbons (Fsp3) is 0.500. The van der Waals surface area contributed by atoms with Crippen molar-refractivity contribution in [3.8, 4) is 5.75 Å². The van der Waals surface area contributed by atoms with Gasteiger partial charge in [0.25, 0.3) is 5.91 Å². The lowest BCUT2D eigenvalue weighted by Crippen LogP contribution is -2.45. The monoisotopic (exact) mass is 384 g/mol. The molecule has 0 saturated carbocycles. The molecule has 1 atom stereocenters. The molecule has 3 rings (SSSR count). The number of imide groups is 1. The number of hydrogen-bond acceptors (Lipinski definition) is 4. The molecule has 0 N–H and O–H groups in total. The number of amides is 3. The highest BCUT2D eigenvalue weighted by Gasteiger charge is 2.43. The first-order valence-electron chi connectivity index (χ1n) is 10.1. The van der Waals surface area contributed by atoms with E-state index in [4.69, 9.17) is 4.74 Å². The molecular formula is C22H28N2O4. The average molecular weight is 384 g/mol. The quantitative estimate of drug-likeness (QED) is 0.533. The fourth-order valence-corrected chi connectivity index (χ4v) is 3.92. The summed E-state index contributed by atoms with van der Waals surface area (Å²) in [6.07, 6.45) is 7.58. The van der Waals surface area contributed by atoms with E-state index in [1.165, 1.54) is 30.2 Å². The van der Waals surface area contributed by atoms with Crippen LogP contribution in [0.25, 0.3) is 0 Å². The molecule has 0 radical (unpaired) electrons. The van der Waals surface area contributed by atoms with Crippen LogP contribution in [0.15, 0.2) is 35.9 Å². The second kappa shape index (κ2) is 9.04. The predicted molar refractivity (Wildman–Crippen MR) is 107 cm³/mol. The summed E-state index contributed by atoms with van der Waals surface area (Å²) in [6.45, 7) is 4.38. The number of anilines is 1. The number of ether oxygens (including phenoxy) is 1. The minimum absolute atomic E-state index is 0.0324. The van der Waals surface area contributed by atoms with Gasteiger partial charge in [-0.2, -0.15) is 0 Å². The molecule has 1 aliphatic carbocycles. The first kappa shape index (κ1) is 20.1. The van der Waals surface area contributed by atoms with Crippen LogP contribution in [0.2, 0.25) is 0 Å². The molecule has 0 spiro atoms. The highest BCUT2D eigenvalue weighted by Crippen LogP contribution is 2.28. The topological polar surface area (TPSA) is 66.9 Å². The third-order valence-corrected chi connectivity index (χ3v) is 5.37. The van der Waals surface area contributed by atoms with Gasteiger partial charge in [-0.05, 0) is 63.3 Å². The molecule has 3 amide bonds. The third kappa shape index (κ3) is 4.43. The van der Waals surface area contributed by atoms with Crippen LogP contribution in [0.5, 0.6) is 5.75 Å². The molecule has 0 aromatic heterocycles. The summed E-state index contributed by atoms with van der Waals surface area (Å²) in [5, 5.41) is 0. The molecule has 1 fully saturated rings. The van der Waals surface area contributed by atoms with E-state index in [9.17, 15) is 14.4 Å². The zero-order chi connectivity index (χ0) is 20.1. The number of benzene rings is 1.